The van der Waals surface area contributed by atoms with Gasteiger partial charge < -0.3 is 34.5 Å². The van der Waals surface area contributed by atoms with Crippen LogP contribution in [0.25, 0.3) is 22.5 Å². The van der Waals surface area contributed by atoms with E-state index >= 15 is 0 Å². The number of rotatable bonds is 10. The van der Waals surface area contributed by atoms with Crippen LogP contribution in [0.2, 0.25) is 0 Å². The number of hydrogen-bond donors (Lipinski definition) is 2. The fraction of sp³-hybridized carbons (Fsp3) is 0.360. The van der Waals surface area contributed by atoms with Gasteiger partial charge in [0.05, 0.1) is 40.3 Å². The first kappa shape index (κ1) is 27.8. The van der Waals surface area contributed by atoms with Crippen LogP contribution in [0.1, 0.15) is 20.3 Å². The summed E-state index contributed by atoms with van der Waals surface area (Å²) in [6, 6.07) is 8.78. The van der Waals surface area contributed by atoms with Gasteiger partial charge in [0.2, 0.25) is 11.7 Å². The number of carbonyl (C=O) groups is 1. The SMILES string of the molecule is COc1ccc(-c2cnoc2-c2cc(OC)c(OC)c(OC)c2)cc1NC(=O)CC(N)C(C)C.Cl. The molecule has 3 rings (SSSR count). The highest BCUT2D eigenvalue weighted by Gasteiger charge is 2.21. The van der Waals surface area contributed by atoms with Crippen LogP contribution in [0.3, 0.4) is 0 Å². The monoisotopic (exact) mass is 505 g/mol. The molecule has 0 spiro atoms. The van der Waals surface area contributed by atoms with E-state index in [0.717, 1.165) is 5.56 Å². The van der Waals surface area contributed by atoms with Crippen LogP contribution in [0, 0.1) is 5.92 Å². The largest absolute Gasteiger partial charge is 0.495 e. The lowest BCUT2D eigenvalue weighted by molar-refractivity contribution is -0.116. The normalized spacial score (nSPS) is 11.4. The predicted molar refractivity (Wildman–Crippen MR) is 137 cm³/mol. The van der Waals surface area contributed by atoms with Gasteiger partial charge in [-0.1, -0.05) is 25.1 Å². The van der Waals surface area contributed by atoms with Crippen molar-refractivity contribution in [2.75, 3.05) is 33.8 Å². The van der Waals surface area contributed by atoms with Crippen LogP contribution in [0.5, 0.6) is 23.0 Å². The lowest BCUT2D eigenvalue weighted by atomic mass is 10.0. The number of anilines is 1. The molecule has 190 valence electrons. The molecule has 0 aliphatic heterocycles. The molecular weight excluding hydrogens is 474 g/mol. The van der Waals surface area contributed by atoms with E-state index in [-0.39, 0.29) is 36.7 Å². The molecule has 1 heterocycles. The molecule has 1 unspecified atom stereocenters. The van der Waals surface area contributed by atoms with Crippen molar-refractivity contribution in [1.82, 2.24) is 5.16 Å². The van der Waals surface area contributed by atoms with E-state index in [0.29, 0.717) is 45.6 Å². The number of aromatic nitrogens is 1. The van der Waals surface area contributed by atoms with Crippen molar-refractivity contribution in [2.45, 2.75) is 26.3 Å². The van der Waals surface area contributed by atoms with Gasteiger partial charge in [-0.3, -0.25) is 4.79 Å². The smallest absolute Gasteiger partial charge is 0.226 e. The molecule has 1 aromatic heterocycles. The van der Waals surface area contributed by atoms with E-state index in [1.807, 2.05) is 26.0 Å². The number of ether oxygens (including phenoxy) is 4. The summed E-state index contributed by atoms with van der Waals surface area (Å²) in [5, 5.41) is 6.91. The Labute approximate surface area is 211 Å². The van der Waals surface area contributed by atoms with Crippen molar-refractivity contribution in [3.05, 3.63) is 36.5 Å². The zero-order valence-electron chi connectivity index (χ0n) is 20.7. The number of nitrogens with two attached hydrogens (primary N) is 1. The second-order valence-electron chi connectivity index (χ2n) is 8.06. The summed E-state index contributed by atoms with van der Waals surface area (Å²) in [5.74, 6) is 2.49. The van der Waals surface area contributed by atoms with E-state index in [2.05, 4.69) is 10.5 Å². The number of amides is 1. The average Bonchev–Trinajstić information content (AvgIpc) is 3.32. The molecular formula is C25H32ClN3O6. The summed E-state index contributed by atoms with van der Waals surface area (Å²) in [4.78, 5) is 12.6. The number of hydrogen-bond acceptors (Lipinski definition) is 8. The average molecular weight is 506 g/mol. The molecule has 3 aromatic rings. The Hall–Kier alpha value is -3.43. The summed E-state index contributed by atoms with van der Waals surface area (Å²) < 4.78 is 27.4. The van der Waals surface area contributed by atoms with Gasteiger partial charge in [-0.05, 0) is 35.7 Å². The summed E-state index contributed by atoms with van der Waals surface area (Å²) >= 11 is 0. The standard InChI is InChI=1S/C25H31N3O6.ClH/c1-14(2)18(26)12-23(29)28-19-9-15(7-8-20(19)30-3)17-13-27-34-24(17)16-10-21(31-4)25(33-6)22(11-16)32-5;/h7-11,13-14,18H,12,26H2,1-6H3,(H,28,29);1H. The van der Waals surface area contributed by atoms with E-state index in [1.165, 1.54) is 0 Å². The van der Waals surface area contributed by atoms with Crippen LogP contribution in [0.15, 0.2) is 41.1 Å². The number of nitrogens with one attached hydrogen (secondary N) is 1. The zero-order valence-corrected chi connectivity index (χ0v) is 21.5. The summed E-state index contributed by atoms with van der Waals surface area (Å²) in [6.07, 6.45) is 1.82. The molecule has 9 nitrogen and oxygen atoms in total. The van der Waals surface area contributed by atoms with Gasteiger partial charge in [0.25, 0.3) is 0 Å². The third-order valence-electron chi connectivity index (χ3n) is 5.56. The maximum absolute atomic E-state index is 12.6. The number of halogens is 1. The Morgan fingerprint density at radius 1 is 0.971 bits per heavy atom. The van der Waals surface area contributed by atoms with E-state index in [4.69, 9.17) is 29.2 Å². The van der Waals surface area contributed by atoms with Crippen LogP contribution in [-0.4, -0.2) is 45.5 Å². The van der Waals surface area contributed by atoms with Crippen LogP contribution < -0.4 is 30.0 Å². The van der Waals surface area contributed by atoms with Crippen molar-refractivity contribution < 1.29 is 28.3 Å². The molecule has 0 fully saturated rings. The Bertz CT molecular complexity index is 1120. The third kappa shape index (κ3) is 6.17. The molecule has 0 aliphatic carbocycles. The van der Waals surface area contributed by atoms with Crippen molar-refractivity contribution in [3.63, 3.8) is 0 Å². The minimum absolute atomic E-state index is 0. The molecule has 2 aromatic carbocycles. The fourth-order valence-electron chi connectivity index (χ4n) is 3.49. The van der Waals surface area contributed by atoms with E-state index in [1.54, 1.807) is 52.8 Å². The zero-order chi connectivity index (χ0) is 24.8. The first-order valence-electron chi connectivity index (χ1n) is 10.8. The van der Waals surface area contributed by atoms with Crippen LogP contribution in [0.4, 0.5) is 5.69 Å². The lowest BCUT2D eigenvalue weighted by Crippen LogP contribution is -2.31. The van der Waals surface area contributed by atoms with Crippen LogP contribution in [-0.2, 0) is 4.79 Å². The minimum Gasteiger partial charge on any atom is -0.495 e. The first-order valence-corrected chi connectivity index (χ1v) is 10.8. The topological polar surface area (TPSA) is 118 Å². The molecule has 0 aliphatic rings. The summed E-state index contributed by atoms with van der Waals surface area (Å²) in [6.45, 7) is 3.96. The van der Waals surface area contributed by atoms with Crippen molar-refractivity contribution in [3.8, 4) is 45.4 Å². The third-order valence-corrected chi connectivity index (χ3v) is 5.56. The number of benzene rings is 2. The highest BCUT2D eigenvalue weighted by molar-refractivity contribution is 5.94. The molecule has 0 bridgehead atoms. The molecule has 1 atom stereocenters. The van der Waals surface area contributed by atoms with Gasteiger partial charge in [-0.2, -0.15) is 0 Å². The second kappa shape index (κ2) is 12.3. The number of nitrogens with zero attached hydrogens (tertiary/aromatic N) is 1. The van der Waals surface area contributed by atoms with E-state index in [9.17, 15) is 4.79 Å². The molecule has 1 amide bonds. The van der Waals surface area contributed by atoms with E-state index < -0.39 is 0 Å². The first-order chi connectivity index (χ1) is 16.3. The van der Waals surface area contributed by atoms with Gasteiger partial charge in [0, 0.05) is 23.6 Å². The molecule has 10 heteroatoms. The fourth-order valence-corrected chi connectivity index (χ4v) is 3.49. The second-order valence-corrected chi connectivity index (χ2v) is 8.06. The number of methoxy groups -OCH3 is 4. The Balaban J connectivity index is 0.00000432. The van der Waals surface area contributed by atoms with Gasteiger partial charge in [-0.15, -0.1) is 12.4 Å². The Morgan fingerprint density at radius 2 is 1.60 bits per heavy atom. The molecule has 0 saturated heterocycles. The molecule has 0 saturated carbocycles. The van der Waals surface area contributed by atoms with Gasteiger partial charge >= 0.3 is 0 Å². The van der Waals surface area contributed by atoms with Crippen molar-refractivity contribution >= 4 is 24.0 Å². The minimum atomic E-state index is -0.237. The quantitative estimate of drug-likeness (QED) is 0.404. The van der Waals surface area contributed by atoms with Crippen molar-refractivity contribution in [1.29, 1.82) is 0 Å². The Kier molecular flexibility index (Phi) is 9.79. The molecule has 35 heavy (non-hydrogen) atoms. The Morgan fingerprint density at radius 3 is 2.14 bits per heavy atom. The van der Waals surface area contributed by atoms with Gasteiger partial charge in [0.1, 0.15) is 5.75 Å². The lowest BCUT2D eigenvalue weighted by Gasteiger charge is -2.17. The number of carbonyl (C=O) groups excluding carboxylic acids is 1. The van der Waals surface area contributed by atoms with Gasteiger partial charge in [0.15, 0.2) is 17.3 Å². The summed E-state index contributed by atoms with van der Waals surface area (Å²) in [7, 11) is 6.18. The predicted octanol–water partition coefficient (Wildman–Crippen LogP) is 4.78. The van der Waals surface area contributed by atoms with Crippen LogP contribution >= 0.6 is 12.4 Å². The maximum Gasteiger partial charge on any atom is 0.226 e. The molecule has 0 radical (unpaired) electrons. The van der Waals surface area contributed by atoms with Gasteiger partial charge in [-0.25, -0.2) is 0 Å². The maximum atomic E-state index is 12.6. The van der Waals surface area contributed by atoms with Crippen molar-refractivity contribution in [2.24, 2.45) is 11.7 Å². The summed E-state index contributed by atoms with van der Waals surface area (Å²) in [5.41, 5.74) is 8.76. The molecule has 3 N–H and O–H groups in total. The highest BCUT2D eigenvalue weighted by atomic mass is 35.5. The highest BCUT2D eigenvalue weighted by Crippen LogP contribution is 2.44.